The molecule has 0 aromatic heterocycles. The van der Waals surface area contributed by atoms with E-state index in [1.165, 1.54) is 0 Å². The number of nitrogens with zero attached hydrogens (tertiary/aromatic N) is 1. The number of thioether (sulfide) groups is 1. The fourth-order valence-electron chi connectivity index (χ4n) is 3.23. The summed E-state index contributed by atoms with van der Waals surface area (Å²) in [5.41, 5.74) is 1.34. The molecule has 3 rings (SSSR count). The van der Waals surface area contributed by atoms with Gasteiger partial charge in [-0.3, -0.25) is 9.10 Å². The number of hydrogen-bond acceptors (Lipinski definition) is 5. The van der Waals surface area contributed by atoms with Gasteiger partial charge in [-0.05, 0) is 86.7 Å². The highest BCUT2D eigenvalue weighted by Crippen LogP contribution is 2.26. The van der Waals surface area contributed by atoms with Crippen LogP contribution in [0, 0.1) is 6.92 Å². The monoisotopic (exact) mass is 532 g/mol. The van der Waals surface area contributed by atoms with Gasteiger partial charge < -0.3 is 10.1 Å². The molecule has 1 amide bonds. The first-order chi connectivity index (χ1) is 16.8. The van der Waals surface area contributed by atoms with Crippen molar-refractivity contribution in [3.63, 3.8) is 0 Å². The largest absolute Gasteiger partial charge is 0.494 e. The molecule has 0 radical (unpaired) electrons. The number of carbonyl (C=O) groups is 1. The van der Waals surface area contributed by atoms with Crippen LogP contribution in [0.2, 0.25) is 5.02 Å². The van der Waals surface area contributed by atoms with E-state index in [-0.39, 0.29) is 17.3 Å². The van der Waals surface area contributed by atoms with E-state index in [1.54, 1.807) is 60.3 Å². The van der Waals surface area contributed by atoms with Crippen molar-refractivity contribution in [2.45, 2.75) is 30.1 Å². The maximum absolute atomic E-state index is 13.4. The molecular formula is C26H29ClN2O4S2. The molecule has 0 saturated carbocycles. The van der Waals surface area contributed by atoms with Crippen LogP contribution in [0.4, 0.5) is 5.69 Å². The molecule has 0 atom stereocenters. The summed E-state index contributed by atoms with van der Waals surface area (Å²) >= 11 is 7.58. The summed E-state index contributed by atoms with van der Waals surface area (Å²) in [6.07, 6.45) is 0.743. The third kappa shape index (κ3) is 7.92. The first kappa shape index (κ1) is 26.9. The topological polar surface area (TPSA) is 75.7 Å². The van der Waals surface area contributed by atoms with Crippen molar-refractivity contribution in [3.8, 4) is 5.75 Å². The highest BCUT2D eigenvalue weighted by molar-refractivity contribution is 7.99. The summed E-state index contributed by atoms with van der Waals surface area (Å²) in [7, 11) is -3.95. The van der Waals surface area contributed by atoms with Crippen LogP contribution in [0.1, 0.15) is 18.9 Å². The zero-order chi connectivity index (χ0) is 25.3. The Morgan fingerprint density at radius 3 is 2.29 bits per heavy atom. The van der Waals surface area contributed by atoms with Crippen LogP contribution in [-0.2, 0) is 14.8 Å². The predicted molar refractivity (Wildman–Crippen MR) is 143 cm³/mol. The van der Waals surface area contributed by atoms with Crippen molar-refractivity contribution in [1.29, 1.82) is 0 Å². The number of ether oxygens (including phenoxy) is 1. The second kappa shape index (κ2) is 12.9. The maximum Gasteiger partial charge on any atom is 0.264 e. The van der Waals surface area contributed by atoms with E-state index in [0.717, 1.165) is 26.9 Å². The van der Waals surface area contributed by atoms with Gasteiger partial charge in [-0.2, -0.15) is 0 Å². The molecule has 1 N–H and O–H groups in total. The lowest BCUT2D eigenvalue weighted by molar-refractivity contribution is -0.119. The summed E-state index contributed by atoms with van der Waals surface area (Å²) < 4.78 is 33.5. The molecule has 186 valence electrons. The highest BCUT2D eigenvalue weighted by Gasteiger charge is 2.27. The van der Waals surface area contributed by atoms with Crippen LogP contribution in [-0.4, -0.2) is 39.8 Å². The van der Waals surface area contributed by atoms with Crippen molar-refractivity contribution >= 4 is 45.0 Å². The lowest BCUT2D eigenvalue weighted by Crippen LogP contribution is -2.41. The second-order valence-corrected chi connectivity index (χ2v) is 11.2. The normalized spacial score (nSPS) is 11.2. The Labute approximate surface area is 216 Å². The third-order valence-electron chi connectivity index (χ3n) is 5.06. The van der Waals surface area contributed by atoms with E-state index in [2.05, 4.69) is 5.32 Å². The number of halogens is 1. The number of amides is 1. The minimum Gasteiger partial charge on any atom is -0.494 e. The second-order valence-electron chi connectivity index (χ2n) is 7.76. The van der Waals surface area contributed by atoms with E-state index < -0.39 is 10.0 Å². The van der Waals surface area contributed by atoms with Crippen LogP contribution in [0.3, 0.4) is 0 Å². The molecule has 0 bridgehead atoms. The number of aryl methyl sites for hydroxylation is 1. The van der Waals surface area contributed by atoms with Gasteiger partial charge in [0.05, 0.1) is 17.2 Å². The molecule has 3 aromatic carbocycles. The van der Waals surface area contributed by atoms with Gasteiger partial charge in [-0.25, -0.2) is 8.42 Å². The first-order valence-electron chi connectivity index (χ1n) is 11.3. The summed E-state index contributed by atoms with van der Waals surface area (Å²) in [4.78, 5) is 14.0. The number of nitrogens with one attached hydrogen (secondary N) is 1. The van der Waals surface area contributed by atoms with Crippen LogP contribution in [0.25, 0.3) is 0 Å². The lowest BCUT2D eigenvalue weighted by Gasteiger charge is -2.24. The Bertz CT molecular complexity index is 1200. The predicted octanol–water partition coefficient (Wildman–Crippen LogP) is 5.54. The minimum absolute atomic E-state index is 0.129. The quantitative estimate of drug-likeness (QED) is 0.245. The molecule has 35 heavy (non-hydrogen) atoms. The van der Waals surface area contributed by atoms with Gasteiger partial charge >= 0.3 is 0 Å². The number of rotatable bonds is 12. The van der Waals surface area contributed by atoms with Gasteiger partial charge in [0.1, 0.15) is 12.3 Å². The highest BCUT2D eigenvalue weighted by atomic mass is 35.5. The average Bonchev–Trinajstić information content (AvgIpc) is 2.84. The molecule has 0 heterocycles. The summed E-state index contributed by atoms with van der Waals surface area (Å²) in [5, 5.41) is 3.53. The molecule has 9 heteroatoms. The van der Waals surface area contributed by atoms with Crippen molar-refractivity contribution in [2.75, 3.05) is 29.8 Å². The van der Waals surface area contributed by atoms with Crippen LogP contribution >= 0.6 is 23.4 Å². The Hall–Kier alpha value is -2.68. The molecule has 0 aliphatic heterocycles. The summed E-state index contributed by atoms with van der Waals surface area (Å²) in [6.45, 7) is 4.39. The van der Waals surface area contributed by atoms with Gasteiger partial charge in [0, 0.05) is 16.5 Å². The van der Waals surface area contributed by atoms with Crippen molar-refractivity contribution in [2.24, 2.45) is 0 Å². The lowest BCUT2D eigenvalue weighted by atomic mass is 10.2. The molecular weight excluding hydrogens is 504 g/mol. The third-order valence-corrected chi connectivity index (χ3v) is 8.20. The molecule has 0 aliphatic carbocycles. The minimum atomic E-state index is -3.95. The average molecular weight is 533 g/mol. The molecule has 0 saturated heterocycles. The summed E-state index contributed by atoms with van der Waals surface area (Å²) in [5.74, 6) is 1.07. The van der Waals surface area contributed by atoms with Gasteiger partial charge in [0.2, 0.25) is 5.91 Å². The van der Waals surface area contributed by atoms with Crippen molar-refractivity contribution in [3.05, 3.63) is 83.4 Å². The van der Waals surface area contributed by atoms with Crippen molar-refractivity contribution in [1.82, 2.24) is 5.32 Å². The summed E-state index contributed by atoms with van der Waals surface area (Å²) in [6, 6.07) is 20.9. The Morgan fingerprint density at radius 1 is 1.00 bits per heavy atom. The number of benzene rings is 3. The van der Waals surface area contributed by atoms with Gasteiger partial charge in [0.25, 0.3) is 10.0 Å². The molecule has 3 aromatic rings. The Balaban J connectivity index is 1.66. The van der Waals surface area contributed by atoms with Crippen LogP contribution < -0.4 is 14.4 Å². The van der Waals surface area contributed by atoms with Crippen LogP contribution in [0.15, 0.2) is 82.6 Å². The first-order valence-corrected chi connectivity index (χ1v) is 14.1. The van der Waals surface area contributed by atoms with E-state index >= 15 is 0 Å². The van der Waals surface area contributed by atoms with E-state index in [9.17, 15) is 13.2 Å². The van der Waals surface area contributed by atoms with E-state index in [0.29, 0.717) is 29.6 Å². The molecule has 0 fully saturated rings. The number of anilines is 1. The maximum atomic E-state index is 13.4. The van der Waals surface area contributed by atoms with Crippen LogP contribution in [0.5, 0.6) is 5.75 Å². The Morgan fingerprint density at radius 2 is 1.66 bits per heavy atom. The van der Waals surface area contributed by atoms with E-state index in [1.807, 2.05) is 38.1 Å². The smallest absolute Gasteiger partial charge is 0.264 e. The van der Waals surface area contributed by atoms with Gasteiger partial charge in [-0.15, -0.1) is 11.8 Å². The zero-order valence-electron chi connectivity index (χ0n) is 19.7. The number of carbonyl (C=O) groups excluding carboxylic acids is 1. The zero-order valence-corrected chi connectivity index (χ0v) is 22.1. The van der Waals surface area contributed by atoms with Gasteiger partial charge in [-0.1, -0.05) is 29.3 Å². The molecule has 0 unspecified atom stereocenters. The number of sulfonamides is 1. The van der Waals surface area contributed by atoms with Crippen molar-refractivity contribution < 1.29 is 17.9 Å². The SMILES string of the molecule is CCOc1ccc(N(CC(=O)NCCCSc2ccc(Cl)cc2)S(=O)(=O)c2ccc(C)cc2)cc1. The molecule has 0 aliphatic rings. The molecule has 6 nitrogen and oxygen atoms in total. The standard InChI is InChI=1S/C26H29ClN2O4S2/c1-3-33-23-11-9-22(10-12-23)29(35(31,32)25-15-5-20(2)6-16-25)19-26(30)28-17-4-18-34-24-13-7-21(27)8-14-24/h5-16H,3-4,17-19H2,1-2H3,(H,28,30). The van der Waals surface area contributed by atoms with E-state index in [4.69, 9.17) is 16.3 Å². The fourth-order valence-corrected chi connectivity index (χ4v) is 5.63. The van der Waals surface area contributed by atoms with Gasteiger partial charge in [0.15, 0.2) is 0 Å². The fraction of sp³-hybridized carbons (Fsp3) is 0.269. The molecule has 0 spiro atoms. The number of hydrogen-bond donors (Lipinski definition) is 1. The Kier molecular flexibility index (Phi) is 9.89.